The van der Waals surface area contributed by atoms with E-state index in [9.17, 15) is 5.11 Å². The van der Waals surface area contributed by atoms with Crippen LogP contribution in [-0.2, 0) is 0 Å². The van der Waals surface area contributed by atoms with Crippen LogP contribution in [-0.4, -0.2) is 41.8 Å². The van der Waals surface area contributed by atoms with Gasteiger partial charge in [-0.05, 0) is 32.9 Å². The Balaban J connectivity index is 4.12. The first kappa shape index (κ1) is 18.9. The zero-order chi connectivity index (χ0) is 14.5. The minimum Gasteiger partial charge on any atom is -0.395 e. The fourth-order valence-corrected chi connectivity index (χ4v) is 2.54. The fraction of sp³-hybridized carbons (Fsp3) is 1.00. The zero-order valence-electron chi connectivity index (χ0n) is 13.4. The SMILES string of the molecule is CCCCCCN(CCCCCC)C(CO)C(C)N. The Morgan fingerprint density at radius 1 is 0.895 bits per heavy atom. The third-order valence-electron chi connectivity index (χ3n) is 3.86. The summed E-state index contributed by atoms with van der Waals surface area (Å²) in [6.45, 7) is 8.82. The lowest BCUT2D eigenvalue weighted by Crippen LogP contribution is -2.49. The highest BCUT2D eigenvalue weighted by Crippen LogP contribution is 2.10. The Morgan fingerprint density at radius 2 is 1.37 bits per heavy atom. The van der Waals surface area contributed by atoms with Crippen LogP contribution >= 0.6 is 0 Å². The fourth-order valence-electron chi connectivity index (χ4n) is 2.54. The summed E-state index contributed by atoms with van der Waals surface area (Å²) in [4.78, 5) is 2.41. The molecule has 0 saturated heterocycles. The standard InChI is InChI=1S/C16H36N2O/c1-4-6-8-10-12-18(13-11-9-7-5-2)16(14-19)15(3)17/h15-16,19H,4-14,17H2,1-3H3. The maximum atomic E-state index is 9.55. The second kappa shape index (κ2) is 12.9. The van der Waals surface area contributed by atoms with E-state index in [1.54, 1.807) is 0 Å². The molecule has 0 amide bonds. The highest BCUT2D eigenvalue weighted by molar-refractivity contribution is 4.78. The van der Waals surface area contributed by atoms with Crippen molar-refractivity contribution in [1.82, 2.24) is 4.90 Å². The lowest BCUT2D eigenvalue weighted by atomic mass is 10.1. The first-order valence-corrected chi connectivity index (χ1v) is 8.27. The highest BCUT2D eigenvalue weighted by Gasteiger charge is 2.20. The van der Waals surface area contributed by atoms with Gasteiger partial charge in [0.15, 0.2) is 0 Å². The van der Waals surface area contributed by atoms with Crippen molar-refractivity contribution in [2.45, 2.75) is 84.2 Å². The molecule has 0 aromatic carbocycles. The van der Waals surface area contributed by atoms with Gasteiger partial charge in [-0.2, -0.15) is 0 Å². The molecule has 0 fully saturated rings. The average molecular weight is 272 g/mol. The van der Waals surface area contributed by atoms with E-state index in [1.807, 2.05) is 6.92 Å². The molecule has 3 N–H and O–H groups in total. The normalized spacial score (nSPS) is 14.8. The summed E-state index contributed by atoms with van der Waals surface area (Å²) in [5.74, 6) is 0. The molecule has 2 unspecified atom stereocenters. The number of aliphatic hydroxyl groups is 1. The number of rotatable bonds is 13. The molecular weight excluding hydrogens is 236 g/mol. The topological polar surface area (TPSA) is 49.5 Å². The molecule has 0 radical (unpaired) electrons. The molecule has 0 saturated carbocycles. The smallest absolute Gasteiger partial charge is 0.0601 e. The summed E-state index contributed by atoms with van der Waals surface area (Å²) in [6.07, 6.45) is 10.2. The zero-order valence-corrected chi connectivity index (χ0v) is 13.4. The second-order valence-corrected chi connectivity index (χ2v) is 5.77. The summed E-state index contributed by atoms with van der Waals surface area (Å²) in [5.41, 5.74) is 6.01. The molecule has 0 aliphatic heterocycles. The van der Waals surface area contributed by atoms with E-state index in [0.29, 0.717) is 0 Å². The van der Waals surface area contributed by atoms with Gasteiger partial charge in [-0.25, -0.2) is 0 Å². The van der Waals surface area contributed by atoms with Crippen molar-refractivity contribution in [3.05, 3.63) is 0 Å². The van der Waals surface area contributed by atoms with Crippen LogP contribution < -0.4 is 5.73 Å². The maximum Gasteiger partial charge on any atom is 0.0601 e. The van der Waals surface area contributed by atoms with E-state index in [0.717, 1.165) is 13.1 Å². The molecular formula is C16H36N2O. The summed E-state index contributed by atoms with van der Waals surface area (Å²) in [6, 6.07) is 0.172. The minimum absolute atomic E-state index is 0.0438. The number of aliphatic hydroxyl groups excluding tert-OH is 1. The molecule has 2 atom stereocenters. The quantitative estimate of drug-likeness (QED) is 0.506. The van der Waals surface area contributed by atoms with Gasteiger partial charge in [0, 0.05) is 12.1 Å². The van der Waals surface area contributed by atoms with Gasteiger partial charge in [0.1, 0.15) is 0 Å². The lowest BCUT2D eigenvalue weighted by molar-refractivity contribution is 0.104. The number of hydrogen-bond donors (Lipinski definition) is 2. The molecule has 0 aliphatic carbocycles. The molecule has 3 heteroatoms. The molecule has 0 aliphatic rings. The average Bonchev–Trinajstić information content (AvgIpc) is 2.39. The van der Waals surface area contributed by atoms with E-state index < -0.39 is 0 Å². The molecule has 116 valence electrons. The van der Waals surface area contributed by atoms with Crippen LogP contribution in [0, 0.1) is 0 Å². The Labute approximate surface area is 120 Å². The van der Waals surface area contributed by atoms with E-state index in [2.05, 4.69) is 18.7 Å². The highest BCUT2D eigenvalue weighted by atomic mass is 16.3. The van der Waals surface area contributed by atoms with Crippen LogP contribution in [0.15, 0.2) is 0 Å². The van der Waals surface area contributed by atoms with Crippen LogP contribution in [0.1, 0.15) is 72.1 Å². The predicted octanol–water partition coefficient (Wildman–Crippen LogP) is 3.16. The Kier molecular flexibility index (Phi) is 12.8. The van der Waals surface area contributed by atoms with Gasteiger partial charge in [0.2, 0.25) is 0 Å². The van der Waals surface area contributed by atoms with Gasteiger partial charge < -0.3 is 10.8 Å². The van der Waals surface area contributed by atoms with Crippen molar-refractivity contribution in [2.24, 2.45) is 5.73 Å². The van der Waals surface area contributed by atoms with Crippen LogP contribution in [0.3, 0.4) is 0 Å². The molecule has 0 heterocycles. The summed E-state index contributed by atoms with van der Waals surface area (Å²) >= 11 is 0. The van der Waals surface area contributed by atoms with E-state index in [-0.39, 0.29) is 18.7 Å². The van der Waals surface area contributed by atoms with Crippen molar-refractivity contribution in [2.75, 3.05) is 19.7 Å². The molecule has 0 aromatic heterocycles. The van der Waals surface area contributed by atoms with E-state index >= 15 is 0 Å². The third kappa shape index (κ3) is 9.42. The minimum atomic E-state index is 0.0438. The third-order valence-corrected chi connectivity index (χ3v) is 3.86. The second-order valence-electron chi connectivity index (χ2n) is 5.77. The van der Waals surface area contributed by atoms with Gasteiger partial charge in [-0.15, -0.1) is 0 Å². The number of nitrogens with zero attached hydrogens (tertiary/aromatic N) is 1. The van der Waals surface area contributed by atoms with Crippen molar-refractivity contribution in [3.8, 4) is 0 Å². The Bertz CT molecular complexity index is 174. The van der Waals surface area contributed by atoms with Crippen LogP contribution in [0.25, 0.3) is 0 Å². The van der Waals surface area contributed by atoms with E-state index in [4.69, 9.17) is 5.73 Å². The van der Waals surface area contributed by atoms with Gasteiger partial charge in [-0.3, -0.25) is 4.90 Å². The van der Waals surface area contributed by atoms with Crippen LogP contribution in [0.2, 0.25) is 0 Å². The molecule has 0 bridgehead atoms. The lowest BCUT2D eigenvalue weighted by Gasteiger charge is -2.33. The Morgan fingerprint density at radius 3 is 1.68 bits per heavy atom. The van der Waals surface area contributed by atoms with Gasteiger partial charge in [0.25, 0.3) is 0 Å². The monoisotopic (exact) mass is 272 g/mol. The van der Waals surface area contributed by atoms with Gasteiger partial charge >= 0.3 is 0 Å². The first-order chi connectivity index (χ1) is 9.17. The molecule has 3 nitrogen and oxygen atoms in total. The molecule has 19 heavy (non-hydrogen) atoms. The number of unbranched alkanes of at least 4 members (excludes halogenated alkanes) is 6. The maximum absolute atomic E-state index is 9.55. The van der Waals surface area contributed by atoms with Crippen molar-refractivity contribution in [1.29, 1.82) is 0 Å². The largest absolute Gasteiger partial charge is 0.395 e. The molecule has 0 spiro atoms. The summed E-state index contributed by atoms with van der Waals surface area (Å²) in [7, 11) is 0. The van der Waals surface area contributed by atoms with Gasteiger partial charge in [0.05, 0.1) is 6.61 Å². The molecule has 0 aromatic rings. The van der Waals surface area contributed by atoms with Crippen LogP contribution in [0.4, 0.5) is 0 Å². The number of nitrogens with two attached hydrogens (primary N) is 1. The Hall–Kier alpha value is -0.120. The summed E-state index contributed by atoms with van der Waals surface area (Å²) in [5, 5.41) is 9.55. The summed E-state index contributed by atoms with van der Waals surface area (Å²) < 4.78 is 0. The number of hydrogen-bond acceptors (Lipinski definition) is 3. The van der Waals surface area contributed by atoms with Crippen molar-refractivity contribution < 1.29 is 5.11 Å². The van der Waals surface area contributed by atoms with Crippen molar-refractivity contribution >= 4 is 0 Å². The first-order valence-electron chi connectivity index (χ1n) is 8.27. The van der Waals surface area contributed by atoms with E-state index in [1.165, 1.54) is 51.4 Å². The van der Waals surface area contributed by atoms with Crippen molar-refractivity contribution in [3.63, 3.8) is 0 Å². The van der Waals surface area contributed by atoms with Gasteiger partial charge in [-0.1, -0.05) is 52.4 Å². The predicted molar refractivity (Wildman–Crippen MR) is 84.4 cm³/mol. The van der Waals surface area contributed by atoms with Crippen LogP contribution in [0.5, 0.6) is 0 Å². The molecule has 0 rings (SSSR count).